The van der Waals surface area contributed by atoms with E-state index in [0.29, 0.717) is 12.8 Å². The summed E-state index contributed by atoms with van der Waals surface area (Å²) in [6.07, 6.45) is 2.58. The molecule has 3 N–H and O–H groups in total. The van der Waals surface area contributed by atoms with Crippen LogP contribution < -0.4 is 5.73 Å². The quantitative estimate of drug-likeness (QED) is 0.784. The lowest BCUT2D eigenvalue weighted by atomic mass is 9.82. The van der Waals surface area contributed by atoms with Gasteiger partial charge in [0.15, 0.2) is 0 Å². The van der Waals surface area contributed by atoms with E-state index in [9.17, 15) is 18.3 Å². The van der Waals surface area contributed by atoms with Crippen LogP contribution in [-0.2, 0) is 4.74 Å². The summed E-state index contributed by atoms with van der Waals surface area (Å²) in [4.78, 5) is 0. The highest BCUT2D eigenvalue weighted by atomic mass is 19.4. The molecule has 118 valence electrons. The SMILES string of the molecule is NC(O)(CC1CCCC(OC2CCCC2)C1)C(F)(F)F. The Morgan fingerprint density at radius 2 is 1.60 bits per heavy atom. The van der Waals surface area contributed by atoms with Crippen molar-refractivity contribution in [1.29, 1.82) is 0 Å². The predicted molar refractivity (Wildman–Crippen MR) is 68.9 cm³/mol. The smallest absolute Gasteiger partial charge is 0.375 e. The van der Waals surface area contributed by atoms with Gasteiger partial charge in [-0.2, -0.15) is 13.2 Å². The Hall–Kier alpha value is -0.330. The van der Waals surface area contributed by atoms with Gasteiger partial charge in [0.1, 0.15) is 0 Å². The molecule has 0 aromatic heterocycles. The van der Waals surface area contributed by atoms with Gasteiger partial charge in [-0.1, -0.05) is 25.7 Å². The van der Waals surface area contributed by atoms with Crippen LogP contribution in [0.5, 0.6) is 0 Å². The predicted octanol–water partition coefficient (Wildman–Crippen LogP) is 3.10. The molecule has 0 aromatic rings. The lowest BCUT2D eigenvalue weighted by Gasteiger charge is -2.35. The fraction of sp³-hybridized carbons (Fsp3) is 1.00. The van der Waals surface area contributed by atoms with E-state index < -0.39 is 18.3 Å². The number of alkyl halides is 3. The lowest BCUT2D eigenvalue weighted by Crippen LogP contribution is -2.54. The van der Waals surface area contributed by atoms with Crippen LogP contribution in [0.2, 0.25) is 0 Å². The highest BCUT2D eigenvalue weighted by Gasteiger charge is 2.52. The van der Waals surface area contributed by atoms with Crippen molar-refractivity contribution in [3.05, 3.63) is 0 Å². The van der Waals surface area contributed by atoms with Crippen molar-refractivity contribution in [2.75, 3.05) is 0 Å². The first kappa shape index (κ1) is 16.0. The Labute approximate surface area is 117 Å². The molecule has 2 fully saturated rings. The normalized spacial score (nSPS) is 32.2. The third kappa shape index (κ3) is 4.09. The highest BCUT2D eigenvalue weighted by molar-refractivity contribution is 4.86. The monoisotopic (exact) mass is 295 g/mol. The molecule has 0 bridgehead atoms. The highest BCUT2D eigenvalue weighted by Crippen LogP contribution is 2.38. The Morgan fingerprint density at radius 1 is 1.00 bits per heavy atom. The minimum absolute atomic E-state index is 0.0286. The third-order valence-corrected chi connectivity index (χ3v) is 4.51. The summed E-state index contributed by atoms with van der Waals surface area (Å²) < 4.78 is 43.8. The molecule has 3 atom stereocenters. The van der Waals surface area contributed by atoms with Gasteiger partial charge in [-0.05, 0) is 31.6 Å². The van der Waals surface area contributed by atoms with Crippen LogP contribution in [0.25, 0.3) is 0 Å². The molecule has 6 heteroatoms. The Balaban J connectivity index is 1.83. The van der Waals surface area contributed by atoms with Gasteiger partial charge in [-0.3, -0.25) is 5.73 Å². The summed E-state index contributed by atoms with van der Waals surface area (Å²) >= 11 is 0. The number of hydrogen-bond donors (Lipinski definition) is 2. The van der Waals surface area contributed by atoms with Crippen molar-refractivity contribution in [2.24, 2.45) is 11.7 Å². The largest absolute Gasteiger partial charge is 0.430 e. The first-order valence-electron chi connectivity index (χ1n) is 7.51. The van der Waals surface area contributed by atoms with Crippen LogP contribution >= 0.6 is 0 Å². The molecule has 0 aromatic carbocycles. The molecule has 0 spiro atoms. The molecule has 2 aliphatic rings. The molecule has 2 aliphatic carbocycles. The molecule has 3 unspecified atom stereocenters. The summed E-state index contributed by atoms with van der Waals surface area (Å²) in [7, 11) is 0. The van der Waals surface area contributed by atoms with Gasteiger partial charge >= 0.3 is 6.18 Å². The van der Waals surface area contributed by atoms with E-state index in [1.165, 1.54) is 12.8 Å². The topological polar surface area (TPSA) is 55.5 Å². The number of nitrogens with two attached hydrogens (primary N) is 1. The van der Waals surface area contributed by atoms with Gasteiger partial charge in [0.2, 0.25) is 5.72 Å². The van der Waals surface area contributed by atoms with Crippen molar-refractivity contribution in [3.8, 4) is 0 Å². The molecule has 0 heterocycles. The maximum absolute atomic E-state index is 12.6. The zero-order chi connectivity index (χ0) is 14.8. The molecule has 2 saturated carbocycles. The van der Waals surface area contributed by atoms with Gasteiger partial charge < -0.3 is 9.84 Å². The van der Waals surface area contributed by atoms with Gasteiger partial charge in [0, 0.05) is 6.42 Å². The molecule has 2 rings (SSSR count). The summed E-state index contributed by atoms with van der Waals surface area (Å²) in [5, 5.41) is 9.39. The zero-order valence-corrected chi connectivity index (χ0v) is 11.7. The van der Waals surface area contributed by atoms with Gasteiger partial charge in [-0.15, -0.1) is 0 Å². The molecule has 3 nitrogen and oxygen atoms in total. The molecule has 0 aliphatic heterocycles. The number of rotatable bonds is 4. The second kappa shape index (κ2) is 6.20. The summed E-state index contributed by atoms with van der Waals surface area (Å²) in [6.45, 7) is 0. The van der Waals surface area contributed by atoms with Crippen molar-refractivity contribution in [3.63, 3.8) is 0 Å². The average Bonchev–Trinajstić information content (AvgIpc) is 2.80. The summed E-state index contributed by atoms with van der Waals surface area (Å²) in [5.41, 5.74) is 1.95. The second-order valence-corrected chi connectivity index (χ2v) is 6.32. The van der Waals surface area contributed by atoms with Crippen LogP contribution in [0.4, 0.5) is 13.2 Å². The third-order valence-electron chi connectivity index (χ3n) is 4.51. The number of halogens is 3. The molecule has 0 amide bonds. The standard InChI is InChI=1S/C14H24F3NO2/c15-14(16,17)13(18,19)9-10-4-3-7-12(8-10)20-11-5-1-2-6-11/h10-12,19H,1-9,18H2. The van der Waals surface area contributed by atoms with E-state index >= 15 is 0 Å². The Kier molecular flexibility index (Phi) is 4.97. The molecular formula is C14H24F3NO2. The minimum atomic E-state index is -4.77. The fourth-order valence-corrected chi connectivity index (χ4v) is 3.40. The average molecular weight is 295 g/mol. The van der Waals surface area contributed by atoms with Crippen LogP contribution in [0, 0.1) is 5.92 Å². The minimum Gasteiger partial charge on any atom is -0.375 e. The van der Waals surface area contributed by atoms with Crippen LogP contribution in [0.3, 0.4) is 0 Å². The summed E-state index contributed by atoms with van der Waals surface area (Å²) in [6, 6.07) is 0. The van der Waals surface area contributed by atoms with E-state index in [0.717, 1.165) is 25.7 Å². The maximum Gasteiger partial charge on any atom is 0.430 e. The van der Waals surface area contributed by atoms with Crippen LogP contribution in [0.1, 0.15) is 57.8 Å². The Bertz CT molecular complexity index is 314. The maximum atomic E-state index is 12.6. The van der Waals surface area contributed by atoms with E-state index in [2.05, 4.69) is 0 Å². The molecule has 0 saturated heterocycles. The van der Waals surface area contributed by atoms with Crippen molar-refractivity contribution in [1.82, 2.24) is 0 Å². The van der Waals surface area contributed by atoms with Gasteiger partial charge in [0.05, 0.1) is 12.2 Å². The van der Waals surface area contributed by atoms with Gasteiger partial charge in [0.25, 0.3) is 0 Å². The zero-order valence-electron chi connectivity index (χ0n) is 11.7. The number of hydrogen-bond acceptors (Lipinski definition) is 3. The Morgan fingerprint density at radius 3 is 2.20 bits per heavy atom. The van der Waals surface area contributed by atoms with Crippen molar-refractivity contribution in [2.45, 2.75) is 81.9 Å². The lowest BCUT2D eigenvalue weighted by molar-refractivity contribution is -0.265. The van der Waals surface area contributed by atoms with Crippen LogP contribution in [0.15, 0.2) is 0 Å². The van der Waals surface area contributed by atoms with E-state index in [1.807, 2.05) is 0 Å². The number of ether oxygens (including phenoxy) is 1. The second-order valence-electron chi connectivity index (χ2n) is 6.32. The van der Waals surface area contributed by atoms with Crippen molar-refractivity contribution >= 4 is 0 Å². The molecule has 20 heavy (non-hydrogen) atoms. The van der Waals surface area contributed by atoms with Gasteiger partial charge in [-0.25, -0.2) is 0 Å². The van der Waals surface area contributed by atoms with E-state index in [1.54, 1.807) is 0 Å². The molecular weight excluding hydrogens is 271 g/mol. The molecule has 0 radical (unpaired) electrons. The first-order chi connectivity index (χ1) is 9.28. The summed E-state index contributed by atoms with van der Waals surface area (Å²) in [5.74, 6) is -0.216. The fourth-order valence-electron chi connectivity index (χ4n) is 3.40. The van der Waals surface area contributed by atoms with E-state index in [4.69, 9.17) is 10.5 Å². The number of aliphatic hydroxyl groups is 1. The van der Waals surface area contributed by atoms with E-state index in [-0.39, 0.29) is 18.1 Å². The first-order valence-corrected chi connectivity index (χ1v) is 7.51. The van der Waals surface area contributed by atoms with Crippen molar-refractivity contribution < 1.29 is 23.0 Å². The van der Waals surface area contributed by atoms with Crippen LogP contribution in [-0.4, -0.2) is 29.2 Å².